The first-order valence-corrected chi connectivity index (χ1v) is 11.6. The molecular formula is C21H35N9O7. The summed E-state index contributed by atoms with van der Waals surface area (Å²) < 4.78 is 0. The highest BCUT2D eigenvalue weighted by Gasteiger charge is 2.31. The number of nitrogens with two attached hydrogens (primary N) is 4. The summed E-state index contributed by atoms with van der Waals surface area (Å²) in [4.78, 5) is 78.8. The van der Waals surface area contributed by atoms with E-state index in [-0.39, 0.29) is 25.7 Å². The second-order valence-electron chi connectivity index (χ2n) is 8.37. The molecule has 16 heteroatoms. The van der Waals surface area contributed by atoms with Crippen molar-refractivity contribution < 1.29 is 33.9 Å². The van der Waals surface area contributed by atoms with Gasteiger partial charge in [-0.1, -0.05) is 0 Å². The Balaban J connectivity index is 3.05. The molecule has 16 nitrogen and oxygen atoms in total. The van der Waals surface area contributed by atoms with Crippen LogP contribution in [0.3, 0.4) is 0 Å². The number of aromatic nitrogens is 2. The fourth-order valence-corrected chi connectivity index (χ4v) is 3.24. The van der Waals surface area contributed by atoms with Crippen LogP contribution in [-0.2, 0) is 35.2 Å². The van der Waals surface area contributed by atoms with E-state index < -0.39 is 66.1 Å². The van der Waals surface area contributed by atoms with Gasteiger partial charge in [0, 0.05) is 24.7 Å². The SMILES string of the molecule is NCCCCC(NC(=O)C(N)CCC(N)=O)C(=O)NC(Cc1cnc[nH]1)C(=O)NC(CC(N)=O)C(=O)O. The molecule has 13 N–H and O–H groups in total. The molecule has 1 heterocycles. The Morgan fingerprint density at radius 2 is 1.51 bits per heavy atom. The van der Waals surface area contributed by atoms with Crippen LogP contribution in [0.25, 0.3) is 0 Å². The van der Waals surface area contributed by atoms with E-state index in [0.717, 1.165) is 0 Å². The van der Waals surface area contributed by atoms with Gasteiger partial charge in [0.15, 0.2) is 0 Å². The number of hydrogen-bond acceptors (Lipinski definition) is 9. The average Bonchev–Trinajstić information content (AvgIpc) is 3.33. The summed E-state index contributed by atoms with van der Waals surface area (Å²) in [5, 5.41) is 16.5. The molecule has 0 bridgehead atoms. The van der Waals surface area contributed by atoms with Crippen molar-refractivity contribution in [3.05, 3.63) is 18.2 Å². The molecule has 0 fully saturated rings. The first kappa shape index (κ1) is 31.0. The van der Waals surface area contributed by atoms with Gasteiger partial charge in [-0.25, -0.2) is 9.78 Å². The number of carbonyl (C=O) groups excluding carboxylic acids is 5. The van der Waals surface area contributed by atoms with Crippen LogP contribution in [-0.4, -0.2) is 81.3 Å². The summed E-state index contributed by atoms with van der Waals surface area (Å²) in [5.74, 6) is -5.41. The Kier molecular flexibility index (Phi) is 13.3. The van der Waals surface area contributed by atoms with Crippen LogP contribution in [0.4, 0.5) is 0 Å². The largest absolute Gasteiger partial charge is 0.480 e. The van der Waals surface area contributed by atoms with Gasteiger partial charge in [-0.3, -0.25) is 24.0 Å². The summed E-state index contributed by atoms with van der Waals surface area (Å²) in [7, 11) is 0. The predicted molar refractivity (Wildman–Crippen MR) is 129 cm³/mol. The molecule has 4 atom stereocenters. The number of carbonyl (C=O) groups is 6. The number of nitrogens with zero attached hydrogens (tertiary/aromatic N) is 1. The van der Waals surface area contributed by atoms with Gasteiger partial charge in [-0.2, -0.15) is 0 Å². The minimum Gasteiger partial charge on any atom is -0.480 e. The summed E-state index contributed by atoms with van der Waals surface area (Å²) in [6.07, 6.45) is 3.01. The minimum atomic E-state index is -1.62. The zero-order chi connectivity index (χ0) is 28.0. The molecule has 0 spiro atoms. The molecule has 0 aliphatic heterocycles. The van der Waals surface area contributed by atoms with Gasteiger partial charge in [0.25, 0.3) is 0 Å². The molecule has 1 aromatic rings. The van der Waals surface area contributed by atoms with E-state index in [0.29, 0.717) is 25.1 Å². The molecule has 0 aromatic carbocycles. The van der Waals surface area contributed by atoms with E-state index >= 15 is 0 Å². The molecular weight excluding hydrogens is 490 g/mol. The quantitative estimate of drug-likeness (QED) is 0.0839. The van der Waals surface area contributed by atoms with Crippen LogP contribution in [0.1, 0.15) is 44.2 Å². The third-order valence-electron chi connectivity index (χ3n) is 5.25. The van der Waals surface area contributed by atoms with Crippen molar-refractivity contribution in [1.29, 1.82) is 0 Å². The number of unbranched alkanes of at least 4 members (excludes halogenated alkanes) is 1. The summed E-state index contributed by atoms with van der Waals surface area (Å²) >= 11 is 0. The minimum absolute atomic E-state index is 0.0282. The molecule has 0 saturated carbocycles. The van der Waals surface area contributed by atoms with Crippen molar-refractivity contribution >= 4 is 35.5 Å². The lowest BCUT2D eigenvalue weighted by Crippen LogP contribution is -2.58. The van der Waals surface area contributed by atoms with Gasteiger partial charge in [-0.05, 0) is 32.2 Å². The summed E-state index contributed by atoms with van der Waals surface area (Å²) in [5.41, 5.74) is 21.9. The first-order chi connectivity index (χ1) is 17.4. The molecule has 1 aromatic heterocycles. The molecule has 37 heavy (non-hydrogen) atoms. The fraction of sp³-hybridized carbons (Fsp3) is 0.571. The zero-order valence-corrected chi connectivity index (χ0v) is 20.3. The average molecular weight is 526 g/mol. The number of rotatable bonds is 18. The maximum absolute atomic E-state index is 13.1. The molecule has 0 aliphatic rings. The van der Waals surface area contributed by atoms with Gasteiger partial charge >= 0.3 is 5.97 Å². The Morgan fingerprint density at radius 3 is 2.05 bits per heavy atom. The highest BCUT2D eigenvalue weighted by molar-refractivity contribution is 5.95. The molecule has 0 saturated heterocycles. The lowest BCUT2D eigenvalue weighted by molar-refractivity contribution is -0.143. The maximum Gasteiger partial charge on any atom is 0.326 e. The highest BCUT2D eigenvalue weighted by atomic mass is 16.4. The monoisotopic (exact) mass is 525 g/mol. The Morgan fingerprint density at radius 1 is 0.892 bits per heavy atom. The Labute approximate surface area is 212 Å². The maximum atomic E-state index is 13.1. The molecule has 1 rings (SSSR count). The van der Waals surface area contributed by atoms with E-state index in [2.05, 4.69) is 25.9 Å². The number of amides is 5. The van der Waals surface area contributed by atoms with Crippen molar-refractivity contribution in [2.75, 3.05) is 6.54 Å². The standard InChI is InChI=1S/C21H35N9O7/c22-6-2-1-3-13(28-18(33)12(23)4-5-16(24)31)19(34)29-14(7-11-9-26-10-27-11)20(35)30-15(21(36)37)8-17(25)32/h9-10,12-15H,1-8,22-23H2,(H2,24,31)(H2,25,32)(H,26,27)(H,28,33)(H,29,34)(H,30,35)(H,36,37). The van der Waals surface area contributed by atoms with Gasteiger partial charge in [-0.15, -0.1) is 0 Å². The van der Waals surface area contributed by atoms with Gasteiger partial charge in [0.05, 0.1) is 18.8 Å². The normalized spacial score (nSPS) is 14.0. The molecule has 5 amide bonds. The topological polar surface area (TPSA) is 292 Å². The highest BCUT2D eigenvalue weighted by Crippen LogP contribution is 2.06. The second kappa shape index (κ2) is 15.8. The third kappa shape index (κ3) is 12.0. The van der Waals surface area contributed by atoms with Crippen LogP contribution >= 0.6 is 0 Å². The van der Waals surface area contributed by atoms with Crippen molar-refractivity contribution in [3.63, 3.8) is 0 Å². The van der Waals surface area contributed by atoms with Crippen LogP contribution < -0.4 is 38.9 Å². The van der Waals surface area contributed by atoms with Gasteiger partial charge in [0.1, 0.15) is 18.1 Å². The summed E-state index contributed by atoms with van der Waals surface area (Å²) in [6.45, 7) is 0.349. The van der Waals surface area contributed by atoms with E-state index in [1.54, 1.807) is 0 Å². The van der Waals surface area contributed by atoms with Crippen LogP contribution in [0.2, 0.25) is 0 Å². The van der Waals surface area contributed by atoms with E-state index in [1.165, 1.54) is 12.5 Å². The van der Waals surface area contributed by atoms with E-state index in [1.807, 2.05) is 0 Å². The fourth-order valence-electron chi connectivity index (χ4n) is 3.24. The lowest BCUT2D eigenvalue weighted by atomic mass is 10.0. The molecule has 206 valence electrons. The number of H-pyrrole nitrogens is 1. The number of aliphatic carboxylic acids is 1. The number of hydrogen-bond donors (Lipinski definition) is 9. The lowest BCUT2D eigenvalue weighted by Gasteiger charge is -2.25. The Hall–Kier alpha value is -4.05. The van der Waals surface area contributed by atoms with Crippen LogP contribution in [0.5, 0.6) is 0 Å². The number of carboxylic acids is 1. The third-order valence-corrected chi connectivity index (χ3v) is 5.25. The Bertz CT molecular complexity index is 939. The van der Waals surface area contributed by atoms with Gasteiger partial charge < -0.3 is 49.0 Å². The molecule has 0 radical (unpaired) electrons. The second-order valence-corrected chi connectivity index (χ2v) is 8.37. The number of carboxylic acid groups (broad SMARTS) is 1. The molecule has 4 unspecified atom stereocenters. The van der Waals surface area contributed by atoms with Crippen LogP contribution in [0, 0.1) is 0 Å². The summed E-state index contributed by atoms with van der Waals surface area (Å²) in [6, 6.07) is -5.14. The van der Waals surface area contributed by atoms with Crippen LogP contribution in [0.15, 0.2) is 12.5 Å². The van der Waals surface area contributed by atoms with Crippen molar-refractivity contribution in [2.45, 2.75) is 69.1 Å². The predicted octanol–water partition coefficient (Wildman–Crippen LogP) is -3.91. The number of nitrogens with one attached hydrogen (secondary N) is 4. The zero-order valence-electron chi connectivity index (χ0n) is 20.3. The van der Waals surface area contributed by atoms with Gasteiger partial charge in [0.2, 0.25) is 29.5 Å². The number of aromatic amines is 1. The number of primary amides is 2. The van der Waals surface area contributed by atoms with E-state index in [4.69, 9.17) is 22.9 Å². The first-order valence-electron chi connectivity index (χ1n) is 11.6. The van der Waals surface area contributed by atoms with Crippen molar-refractivity contribution in [2.24, 2.45) is 22.9 Å². The molecule has 0 aliphatic carbocycles. The number of imidazole rings is 1. The smallest absolute Gasteiger partial charge is 0.326 e. The van der Waals surface area contributed by atoms with Crippen molar-refractivity contribution in [1.82, 2.24) is 25.9 Å². The van der Waals surface area contributed by atoms with Crippen molar-refractivity contribution in [3.8, 4) is 0 Å². The van der Waals surface area contributed by atoms with E-state index in [9.17, 15) is 33.9 Å².